The normalized spacial score (nSPS) is 14.4. The predicted molar refractivity (Wildman–Crippen MR) is 242 cm³/mol. The van der Waals surface area contributed by atoms with Gasteiger partial charge in [-0.25, -0.2) is 0 Å². The van der Waals surface area contributed by atoms with Crippen LogP contribution >= 0.6 is 7.82 Å². The van der Waals surface area contributed by atoms with Gasteiger partial charge in [-0.3, -0.25) is 9.36 Å². The second-order valence-corrected chi connectivity index (χ2v) is 19.2. The Balaban J connectivity index is 4.09. The minimum atomic E-state index is -4.58. The van der Waals surface area contributed by atoms with Gasteiger partial charge in [0.1, 0.15) is 13.2 Å². The highest BCUT2D eigenvalue weighted by molar-refractivity contribution is 7.45. The number of amides is 1. The molecule has 0 aromatic heterocycles. The van der Waals surface area contributed by atoms with E-state index in [-0.39, 0.29) is 12.5 Å². The first-order chi connectivity index (χ1) is 27.5. The molecule has 0 aliphatic heterocycles. The van der Waals surface area contributed by atoms with Crippen molar-refractivity contribution in [1.29, 1.82) is 0 Å². The van der Waals surface area contributed by atoms with Crippen molar-refractivity contribution in [2.24, 2.45) is 0 Å². The van der Waals surface area contributed by atoms with Crippen LogP contribution in [-0.4, -0.2) is 68.5 Å². The fourth-order valence-electron chi connectivity index (χ4n) is 7.05. The number of carbonyl (C=O) groups excluding carboxylic acids is 1. The molecule has 0 heterocycles. The zero-order valence-corrected chi connectivity index (χ0v) is 39.2. The summed E-state index contributed by atoms with van der Waals surface area (Å²) >= 11 is 0. The third kappa shape index (κ3) is 42.9. The Morgan fingerprint density at radius 1 is 0.596 bits per heavy atom. The SMILES string of the molecule is CCCCCCCCCCCCCCCCCCCCCCCC/C=C/CC/C=C/C(O)C(COP(=O)([O-])OCC[N+](C)(C)C)NC(=O)CCCCCCCCC. The van der Waals surface area contributed by atoms with Crippen LogP contribution in [0.1, 0.15) is 226 Å². The minimum absolute atomic E-state index is 0.00480. The molecule has 0 aromatic carbocycles. The molecule has 0 fully saturated rings. The lowest BCUT2D eigenvalue weighted by Gasteiger charge is -2.29. The fourth-order valence-corrected chi connectivity index (χ4v) is 7.77. The summed E-state index contributed by atoms with van der Waals surface area (Å²) in [5.74, 6) is -0.213. The molecule has 0 aliphatic carbocycles. The predicted octanol–water partition coefficient (Wildman–Crippen LogP) is 13.1. The third-order valence-electron chi connectivity index (χ3n) is 10.9. The van der Waals surface area contributed by atoms with E-state index >= 15 is 0 Å². The molecule has 0 spiro atoms. The highest BCUT2D eigenvalue weighted by atomic mass is 31.2. The molecule has 0 aliphatic rings. The van der Waals surface area contributed by atoms with Crippen molar-refractivity contribution >= 4 is 13.7 Å². The summed E-state index contributed by atoms with van der Waals surface area (Å²) in [5.41, 5.74) is 0. The Morgan fingerprint density at radius 3 is 1.42 bits per heavy atom. The van der Waals surface area contributed by atoms with Crippen LogP contribution < -0.4 is 10.2 Å². The maximum atomic E-state index is 12.7. The number of unbranched alkanes of at least 4 members (excludes halogenated alkanes) is 29. The summed E-state index contributed by atoms with van der Waals surface area (Å²) in [4.78, 5) is 25.1. The number of allylic oxidation sites excluding steroid dienone is 3. The number of phosphoric ester groups is 1. The molecule has 2 N–H and O–H groups in total. The summed E-state index contributed by atoms with van der Waals surface area (Å²) in [7, 11) is 1.25. The van der Waals surface area contributed by atoms with Gasteiger partial charge in [-0.2, -0.15) is 0 Å². The minimum Gasteiger partial charge on any atom is -0.756 e. The number of phosphoric acid groups is 1. The zero-order chi connectivity index (χ0) is 42.1. The van der Waals surface area contributed by atoms with E-state index in [1.54, 1.807) is 6.08 Å². The number of quaternary nitrogens is 1. The van der Waals surface area contributed by atoms with Crippen molar-refractivity contribution in [2.75, 3.05) is 40.9 Å². The molecule has 0 bridgehead atoms. The van der Waals surface area contributed by atoms with Gasteiger partial charge < -0.3 is 28.8 Å². The van der Waals surface area contributed by atoms with Gasteiger partial charge in [0.25, 0.3) is 7.82 Å². The molecule has 0 saturated carbocycles. The Bertz CT molecular complexity index is 984. The Labute approximate surface area is 354 Å². The number of aliphatic hydroxyl groups excluding tert-OH is 1. The van der Waals surface area contributed by atoms with E-state index in [1.807, 2.05) is 27.2 Å². The summed E-state index contributed by atoms with van der Waals surface area (Å²) in [6.45, 7) is 4.58. The van der Waals surface area contributed by atoms with Gasteiger partial charge in [-0.05, 0) is 32.1 Å². The summed E-state index contributed by atoms with van der Waals surface area (Å²) in [5, 5.41) is 13.7. The standard InChI is InChI=1S/C48H95N2O6P/c1-6-8-10-12-14-15-16-17-18-19-20-21-22-23-24-25-26-27-28-29-30-31-32-33-34-36-37-39-41-47(51)46(45-56-57(53,54)55-44-43-50(3,4)5)49-48(52)42-40-38-35-13-11-9-7-2/h33-34,39,41,46-47,51H,6-32,35-38,40,42-45H2,1-5H3,(H-,49,52,53,54)/b34-33+,41-39+. The lowest BCUT2D eigenvalue weighted by Crippen LogP contribution is -2.45. The highest BCUT2D eigenvalue weighted by Crippen LogP contribution is 2.38. The third-order valence-corrected chi connectivity index (χ3v) is 11.9. The lowest BCUT2D eigenvalue weighted by atomic mass is 10.0. The fraction of sp³-hybridized carbons (Fsp3) is 0.896. The largest absolute Gasteiger partial charge is 0.756 e. The second kappa shape index (κ2) is 40.4. The van der Waals surface area contributed by atoms with E-state index < -0.39 is 26.6 Å². The molecular weight excluding hydrogens is 732 g/mol. The van der Waals surface area contributed by atoms with Gasteiger partial charge in [0, 0.05) is 6.42 Å². The van der Waals surface area contributed by atoms with Gasteiger partial charge in [-0.15, -0.1) is 0 Å². The highest BCUT2D eigenvalue weighted by Gasteiger charge is 2.23. The molecule has 338 valence electrons. The van der Waals surface area contributed by atoms with E-state index in [0.717, 1.165) is 38.5 Å². The molecule has 0 aromatic rings. The maximum absolute atomic E-state index is 12.7. The number of hydrogen-bond acceptors (Lipinski definition) is 6. The van der Waals surface area contributed by atoms with E-state index in [1.165, 1.54) is 167 Å². The zero-order valence-electron chi connectivity index (χ0n) is 38.3. The van der Waals surface area contributed by atoms with E-state index in [4.69, 9.17) is 9.05 Å². The van der Waals surface area contributed by atoms with E-state index in [2.05, 4.69) is 31.3 Å². The number of nitrogens with zero attached hydrogens (tertiary/aromatic N) is 1. The van der Waals surface area contributed by atoms with Gasteiger partial charge in [0.15, 0.2) is 0 Å². The topological polar surface area (TPSA) is 108 Å². The summed E-state index contributed by atoms with van der Waals surface area (Å²) in [6, 6.07) is -0.896. The molecule has 0 saturated heterocycles. The van der Waals surface area contributed by atoms with Crippen LogP contribution in [0.4, 0.5) is 0 Å². The van der Waals surface area contributed by atoms with E-state index in [0.29, 0.717) is 17.4 Å². The summed E-state index contributed by atoms with van der Waals surface area (Å²) < 4.78 is 23.1. The molecule has 8 nitrogen and oxygen atoms in total. The number of rotatable bonds is 44. The average Bonchev–Trinajstić information content (AvgIpc) is 3.16. The molecule has 1 amide bonds. The number of hydrogen-bond donors (Lipinski definition) is 2. The quantitative estimate of drug-likeness (QED) is 0.0274. The number of aliphatic hydroxyl groups is 1. The first-order valence-corrected chi connectivity index (χ1v) is 25.7. The average molecular weight is 827 g/mol. The van der Waals surface area contributed by atoms with Gasteiger partial charge in [0.05, 0.1) is 39.9 Å². The number of likely N-dealkylation sites (N-methyl/N-ethyl adjacent to an activating group) is 1. The molecule has 0 radical (unpaired) electrons. The van der Waals surface area contributed by atoms with Crippen LogP contribution in [0.15, 0.2) is 24.3 Å². The Morgan fingerprint density at radius 2 is 0.982 bits per heavy atom. The van der Waals surface area contributed by atoms with Crippen LogP contribution in [0, 0.1) is 0 Å². The van der Waals surface area contributed by atoms with Crippen molar-refractivity contribution in [3.05, 3.63) is 24.3 Å². The van der Waals surface area contributed by atoms with Crippen LogP contribution in [0.5, 0.6) is 0 Å². The van der Waals surface area contributed by atoms with Crippen molar-refractivity contribution in [1.82, 2.24) is 5.32 Å². The van der Waals surface area contributed by atoms with Crippen molar-refractivity contribution in [2.45, 2.75) is 238 Å². The molecular formula is C48H95N2O6P. The first-order valence-electron chi connectivity index (χ1n) is 24.2. The van der Waals surface area contributed by atoms with Gasteiger partial charge >= 0.3 is 0 Å². The van der Waals surface area contributed by atoms with Gasteiger partial charge in [0.2, 0.25) is 5.91 Å². The number of carbonyl (C=O) groups is 1. The van der Waals surface area contributed by atoms with Crippen LogP contribution in [0.2, 0.25) is 0 Å². The second-order valence-electron chi connectivity index (χ2n) is 17.8. The number of nitrogens with one attached hydrogen (secondary N) is 1. The lowest BCUT2D eigenvalue weighted by molar-refractivity contribution is -0.870. The Kier molecular flexibility index (Phi) is 39.7. The molecule has 57 heavy (non-hydrogen) atoms. The monoisotopic (exact) mass is 827 g/mol. The van der Waals surface area contributed by atoms with Crippen LogP contribution in [0.25, 0.3) is 0 Å². The van der Waals surface area contributed by atoms with Gasteiger partial charge in [-0.1, -0.05) is 212 Å². The molecule has 9 heteroatoms. The van der Waals surface area contributed by atoms with E-state index in [9.17, 15) is 19.4 Å². The molecule has 3 unspecified atom stereocenters. The smallest absolute Gasteiger partial charge is 0.268 e. The van der Waals surface area contributed by atoms with Crippen LogP contribution in [0.3, 0.4) is 0 Å². The molecule has 0 rings (SSSR count). The summed E-state index contributed by atoms with van der Waals surface area (Å²) in [6.07, 6.45) is 48.5. The van der Waals surface area contributed by atoms with Crippen molar-refractivity contribution < 1.29 is 32.9 Å². The van der Waals surface area contributed by atoms with Crippen LogP contribution in [-0.2, 0) is 18.4 Å². The Hall–Kier alpha value is -1.02. The maximum Gasteiger partial charge on any atom is 0.268 e. The van der Waals surface area contributed by atoms with Crippen molar-refractivity contribution in [3.63, 3.8) is 0 Å². The first kappa shape index (κ1) is 56.0. The van der Waals surface area contributed by atoms with Crippen molar-refractivity contribution in [3.8, 4) is 0 Å². The molecule has 3 atom stereocenters.